The van der Waals surface area contributed by atoms with Crippen LogP contribution in [0.5, 0.6) is 0 Å². The highest BCUT2D eigenvalue weighted by atomic mass is 16.4. The number of unbranched alkanes of at least 4 members (excludes halogenated alkanes) is 1. The van der Waals surface area contributed by atoms with Gasteiger partial charge in [0, 0.05) is 29.9 Å². The molecule has 0 spiro atoms. The third kappa shape index (κ3) is 9.94. The number of amides is 3. The molecular formula is C30H38N6O7. The van der Waals surface area contributed by atoms with Gasteiger partial charge < -0.3 is 42.6 Å². The Morgan fingerprint density at radius 2 is 1.37 bits per heavy atom. The molecule has 1 aromatic heterocycles. The average Bonchev–Trinajstić information content (AvgIpc) is 3.38. The normalized spacial score (nSPS) is 13.8. The minimum absolute atomic E-state index is 0.0151. The van der Waals surface area contributed by atoms with Crippen LogP contribution in [0, 0.1) is 0 Å². The number of para-hydroxylation sites is 1. The molecule has 0 aliphatic rings. The second kappa shape index (κ2) is 16.0. The van der Waals surface area contributed by atoms with Crippen LogP contribution in [0.25, 0.3) is 10.9 Å². The van der Waals surface area contributed by atoms with Crippen LogP contribution < -0.4 is 27.4 Å². The predicted molar refractivity (Wildman–Crippen MR) is 159 cm³/mol. The number of rotatable bonds is 17. The Hall–Kier alpha value is -4.75. The van der Waals surface area contributed by atoms with E-state index in [1.165, 1.54) is 0 Å². The lowest BCUT2D eigenvalue weighted by molar-refractivity contribution is -0.142. The monoisotopic (exact) mass is 594 g/mol. The quantitative estimate of drug-likeness (QED) is 0.101. The van der Waals surface area contributed by atoms with Crippen molar-refractivity contribution in [1.29, 1.82) is 0 Å². The molecule has 13 nitrogen and oxygen atoms in total. The van der Waals surface area contributed by atoms with E-state index in [0.717, 1.165) is 10.9 Å². The Balaban J connectivity index is 1.88. The summed E-state index contributed by atoms with van der Waals surface area (Å²) in [5.41, 5.74) is 13.5. The number of nitrogens with one attached hydrogen (secondary N) is 4. The first-order chi connectivity index (χ1) is 20.6. The van der Waals surface area contributed by atoms with Crippen molar-refractivity contribution in [3.8, 4) is 0 Å². The largest absolute Gasteiger partial charge is 0.481 e. The maximum Gasteiger partial charge on any atom is 0.326 e. The maximum absolute atomic E-state index is 13.7. The summed E-state index contributed by atoms with van der Waals surface area (Å²) in [6, 6.07) is 11.1. The number of carboxylic acids is 2. The topological polar surface area (TPSA) is 230 Å². The summed E-state index contributed by atoms with van der Waals surface area (Å²) >= 11 is 0. The zero-order valence-electron chi connectivity index (χ0n) is 23.6. The molecule has 0 aliphatic heterocycles. The fourth-order valence-corrected chi connectivity index (χ4v) is 4.64. The van der Waals surface area contributed by atoms with Gasteiger partial charge in [-0.1, -0.05) is 48.5 Å². The van der Waals surface area contributed by atoms with Gasteiger partial charge in [-0.15, -0.1) is 0 Å². The van der Waals surface area contributed by atoms with E-state index in [9.17, 15) is 29.1 Å². The van der Waals surface area contributed by atoms with E-state index in [0.29, 0.717) is 30.5 Å². The van der Waals surface area contributed by atoms with Crippen molar-refractivity contribution < 1.29 is 34.2 Å². The lowest BCUT2D eigenvalue weighted by Crippen LogP contribution is -2.58. The van der Waals surface area contributed by atoms with Crippen LogP contribution in [-0.4, -0.2) is 75.6 Å². The van der Waals surface area contributed by atoms with Gasteiger partial charge in [-0.3, -0.25) is 19.2 Å². The fourth-order valence-electron chi connectivity index (χ4n) is 4.64. The lowest BCUT2D eigenvalue weighted by atomic mass is 10.0. The number of aliphatic carboxylic acids is 2. The van der Waals surface area contributed by atoms with Crippen molar-refractivity contribution in [3.05, 3.63) is 71.9 Å². The Kier molecular flexibility index (Phi) is 12.2. The molecule has 4 unspecified atom stereocenters. The summed E-state index contributed by atoms with van der Waals surface area (Å²) in [6.07, 6.45) is 2.33. The predicted octanol–water partition coefficient (Wildman–Crippen LogP) is 0.423. The van der Waals surface area contributed by atoms with E-state index in [1.54, 1.807) is 36.5 Å². The van der Waals surface area contributed by atoms with Gasteiger partial charge in [0.15, 0.2) is 0 Å². The molecular weight excluding hydrogens is 556 g/mol. The molecule has 1 heterocycles. The SMILES string of the molecule is NCCCCC(NC(=O)C(Cc1c[nH]c2ccccc12)NC(=O)C(Cc1ccccc1)NC(=O)C(N)CC(=O)O)C(=O)O. The summed E-state index contributed by atoms with van der Waals surface area (Å²) < 4.78 is 0. The molecule has 230 valence electrons. The fraction of sp³-hybridized carbons (Fsp3) is 0.367. The molecule has 43 heavy (non-hydrogen) atoms. The van der Waals surface area contributed by atoms with Gasteiger partial charge in [0.05, 0.1) is 12.5 Å². The van der Waals surface area contributed by atoms with E-state index < -0.39 is 60.2 Å². The summed E-state index contributed by atoms with van der Waals surface area (Å²) in [5, 5.41) is 27.3. The second-order valence-electron chi connectivity index (χ2n) is 10.3. The van der Waals surface area contributed by atoms with Crippen molar-refractivity contribution >= 4 is 40.6 Å². The van der Waals surface area contributed by atoms with Crippen molar-refractivity contribution in [3.63, 3.8) is 0 Å². The number of H-pyrrole nitrogens is 1. The third-order valence-corrected chi connectivity index (χ3v) is 6.94. The molecule has 3 amide bonds. The Labute approximate surface area is 248 Å². The molecule has 0 aliphatic carbocycles. The van der Waals surface area contributed by atoms with Crippen LogP contribution in [0.2, 0.25) is 0 Å². The van der Waals surface area contributed by atoms with Gasteiger partial charge in [0.1, 0.15) is 18.1 Å². The summed E-state index contributed by atoms with van der Waals surface area (Å²) in [5.74, 6) is -4.78. The first-order valence-electron chi connectivity index (χ1n) is 14.0. The van der Waals surface area contributed by atoms with Crippen LogP contribution in [0.3, 0.4) is 0 Å². The van der Waals surface area contributed by atoms with E-state index >= 15 is 0 Å². The minimum atomic E-state index is -1.40. The van der Waals surface area contributed by atoms with Crippen LogP contribution in [0.15, 0.2) is 60.8 Å². The zero-order valence-corrected chi connectivity index (χ0v) is 23.6. The maximum atomic E-state index is 13.7. The molecule has 0 saturated carbocycles. The first kappa shape index (κ1) is 32.8. The van der Waals surface area contributed by atoms with Gasteiger partial charge in [-0.2, -0.15) is 0 Å². The number of fused-ring (bicyclic) bond motifs is 1. The van der Waals surface area contributed by atoms with E-state index in [1.807, 2.05) is 24.3 Å². The molecule has 2 aromatic carbocycles. The van der Waals surface area contributed by atoms with Gasteiger partial charge in [0.2, 0.25) is 17.7 Å². The molecule has 4 atom stereocenters. The number of carbonyl (C=O) groups excluding carboxylic acids is 3. The van der Waals surface area contributed by atoms with Crippen molar-refractivity contribution in [2.24, 2.45) is 11.5 Å². The molecule has 0 radical (unpaired) electrons. The van der Waals surface area contributed by atoms with Crippen LogP contribution in [0.4, 0.5) is 0 Å². The molecule has 0 bridgehead atoms. The number of aromatic amines is 1. The smallest absolute Gasteiger partial charge is 0.326 e. The van der Waals surface area contributed by atoms with Crippen LogP contribution in [0.1, 0.15) is 36.8 Å². The third-order valence-electron chi connectivity index (χ3n) is 6.94. The van der Waals surface area contributed by atoms with Gasteiger partial charge in [-0.05, 0) is 43.0 Å². The van der Waals surface area contributed by atoms with Gasteiger partial charge >= 0.3 is 11.9 Å². The number of carboxylic acid groups (broad SMARTS) is 2. The van der Waals surface area contributed by atoms with Crippen molar-refractivity contribution in [2.75, 3.05) is 6.54 Å². The standard InChI is InChI=1S/C30H38N6O7/c31-13-7-6-12-23(30(42)43)34-29(41)25(15-19-17-33-22-11-5-4-10-20(19)22)36-28(40)24(14-18-8-2-1-3-9-18)35-27(39)21(32)16-26(37)38/h1-5,8-11,17,21,23-25,33H,6-7,12-16,31-32H2,(H,34,41)(H,35,39)(H,36,40)(H,37,38)(H,42,43). The van der Waals surface area contributed by atoms with Gasteiger partial charge in [0.25, 0.3) is 0 Å². The highest BCUT2D eigenvalue weighted by Gasteiger charge is 2.31. The average molecular weight is 595 g/mol. The first-order valence-corrected chi connectivity index (χ1v) is 14.0. The van der Waals surface area contributed by atoms with Crippen molar-refractivity contribution in [1.82, 2.24) is 20.9 Å². The Morgan fingerprint density at radius 3 is 2.02 bits per heavy atom. The number of benzene rings is 2. The summed E-state index contributed by atoms with van der Waals surface area (Å²) in [4.78, 5) is 66.0. The Morgan fingerprint density at radius 1 is 0.767 bits per heavy atom. The number of hydrogen-bond donors (Lipinski definition) is 8. The highest BCUT2D eigenvalue weighted by Crippen LogP contribution is 2.19. The summed E-state index contributed by atoms with van der Waals surface area (Å²) in [7, 11) is 0. The highest BCUT2D eigenvalue weighted by molar-refractivity contribution is 5.95. The number of nitrogens with two attached hydrogens (primary N) is 2. The van der Waals surface area contributed by atoms with E-state index in [-0.39, 0.29) is 19.3 Å². The van der Waals surface area contributed by atoms with Crippen molar-refractivity contribution in [2.45, 2.75) is 62.7 Å². The van der Waals surface area contributed by atoms with Crippen LogP contribution in [-0.2, 0) is 36.8 Å². The Bertz CT molecular complexity index is 1410. The molecule has 10 N–H and O–H groups in total. The van der Waals surface area contributed by atoms with Gasteiger partial charge in [-0.25, -0.2) is 4.79 Å². The van der Waals surface area contributed by atoms with E-state index in [4.69, 9.17) is 16.6 Å². The lowest BCUT2D eigenvalue weighted by Gasteiger charge is -2.25. The number of carbonyl (C=O) groups is 5. The summed E-state index contributed by atoms with van der Waals surface area (Å²) in [6.45, 7) is 0.379. The second-order valence-corrected chi connectivity index (χ2v) is 10.3. The number of aromatic nitrogens is 1. The molecule has 13 heteroatoms. The minimum Gasteiger partial charge on any atom is -0.481 e. The zero-order chi connectivity index (χ0) is 31.4. The molecule has 3 rings (SSSR count). The number of hydrogen-bond acceptors (Lipinski definition) is 7. The van der Waals surface area contributed by atoms with E-state index in [2.05, 4.69) is 20.9 Å². The molecule has 0 saturated heterocycles. The van der Waals surface area contributed by atoms with Crippen LogP contribution >= 0.6 is 0 Å². The molecule has 0 fully saturated rings. The molecule has 3 aromatic rings.